The summed E-state index contributed by atoms with van der Waals surface area (Å²) >= 11 is 0. The Kier molecular flexibility index (Phi) is 4.05. The zero-order valence-electron chi connectivity index (χ0n) is 11.2. The number of hydrogen-bond donors (Lipinski definition) is 2. The van der Waals surface area contributed by atoms with E-state index in [0.717, 1.165) is 32.5 Å². The molecule has 1 amide bonds. The van der Waals surface area contributed by atoms with E-state index in [1.54, 1.807) is 0 Å². The average molecular weight is 239 g/mol. The molecule has 3 unspecified atom stereocenters. The van der Waals surface area contributed by atoms with Crippen molar-refractivity contribution < 1.29 is 4.79 Å². The van der Waals surface area contributed by atoms with Crippen LogP contribution in [0.2, 0.25) is 0 Å². The maximum Gasteiger partial charge on any atom is 0.237 e. The molecular weight excluding hydrogens is 214 g/mol. The third-order valence-corrected chi connectivity index (χ3v) is 4.08. The van der Waals surface area contributed by atoms with E-state index in [0.29, 0.717) is 18.0 Å². The van der Waals surface area contributed by atoms with Crippen molar-refractivity contribution in [2.24, 2.45) is 5.92 Å². The van der Waals surface area contributed by atoms with E-state index in [-0.39, 0.29) is 11.9 Å². The molecule has 2 aliphatic rings. The van der Waals surface area contributed by atoms with Gasteiger partial charge in [-0.1, -0.05) is 6.92 Å². The summed E-state index contributed by atoms with van der Waals surface area (Å²) in [5.41, 5.74) is 0. The minimum absolute atomic E-state index is 0.0512. The average Bonchev–Trinajstić information content (AvgIpc) is 2.88. The van der Waals surface area contributed by atoms with Gasteiger partial charge >= 0.3 is 0 Å². The van der Waals surface area contributed by atoms with Gasteiger partial charge in [-0.05, 0) is 39.2 Å². The van der Waals surface area contributed by atoms with E-state index in [2.05, 4.69) is 36.3 Å². The summed E-state index contributed by atoms with van der Waals surface area (Å²) in [6.45, 7) is 9.74. The van der Waals surface area contributed by atoms with Crippen molar-refractivity contribution in [2.45, 2.75) is 51.7 Å². The number of nitrogens with zero attached hydrogens (tertiary/aromatic N) is 1. The van der Waals surface area contributed by atoms with E-state index in [4.69, 9.17) is 0 Å². The van der Waals surface area contributed by atoms with Gasteiger partial charge in [-0.25, -0.2) is 0 Å². The van der Waals surface area contributed by atoms with Crippen LogP contribution in [0.5, 0.6) is 0 Å². The van der Waals surface area contributed by atoms with Crippen molar-refractivity contribution in [1.29, 1.82) is 0 Å². The van der Waals surface area contributed by atoms with E-state index in [9.17, 15) is 4.79 Å². The monoisotopic (exact) mass is 239 g/mol. The molecule has 2 fully saturated rings. The molecule has 4 heteroatoms. The lowest BCUT2D eigenvalue weighted by molar-refractivity contribution is -0.123. The van der Waals surface area contributed by atoms with Crippen LogP contribution in [-0.4, -0.2) is 48.6 Å². The van der Waals surface area contributed by atoms with Gasteiger partial charge in [0.15, 0.2) is 0 Å². The normalized spacial score (nSPS) is 34.5. The maximum absolute atomic E-state index is 12.0. The zero-order chi connectivity index (χ0) is 12.4. The first kappa shape index (κ1) is 12.8. The molecule has 0 aromatic heterocycles. The predicted molar refractivity (Wildman–Crippen MR) is 68.8 cm³/mol. The first-order valence-electron chi connectivity index (χ1n) is 6.85. The number of nitrogens with one attached hydrogen (secondary N) is 2. The second-order valence-corrected chi connectivity index (χ2v) is 5.79. The van der Waals surface area contributed by atoms with Crippen LogP contribution in [0.15, 0.2) is 0 Å². The molecule has 2 N–H and O–H groups in total. The van der Waals surface area contributed by atoms with Gasteiger partial charge < -0.3 is 10.6 Å². The third kappa shape index (κ3) is 2.99. The number of rotatable bonds is 3. The highest BCUT2D eigenvalue weighted by Gasteiger charge is 2.33. The smallest absolute Gasteiger partial charge is 0.237 e. The van der Waals surface area contributed by atoms with E-state index in [1.807, 2.05) is 0 Å². The van der Waals surface area contributed by atoms with E-state index < -0.39 is 0 Å². The van der Waals surface area contributed by atoms with Gasteiger partial charge in [0.05, 0.1) is 6.04 Å². The second-order valence-electron chi connectivity index (χ2n) is 5.79. The number of carbonyl (C=O) groups is 1. The Hall–Kier alpha value is -0.610. The minimum atomic E-state index is 0.0512. The van der Waals surface area contributed by atoms with Crippen molar-refractivity contribution in [3.05, 3.63) is 0 Å². The fraction of sp³-hybridized carbons (Fsp3) is 0.923. The van der Waals surface area contributed by atoms with Crippen LogP contribution in [-0.2, 0) is 4.79 Å². The lowest BCUT2D eigenvalue weighted by Crippen LogP contribution is -2.47. The quantitative estimate of drug-likeness (QED) is 0.757. The summed E-state index contributed by atoms with van der Waals surface area (Å²) in [5, 5.41) is 6.47. The molecule has 4 nitrogen and oxygen atoms in total. The Labute approximate surface area is 104 Å². The van der Waals surface area contributed by atoms with Gasteiger partial charge in [-0.2, -0.15) is 0 Å². The Morgan fingerprint density at radius 3 is 2.71 bits per heavy atom. The van der Waals surface area contributed by atoms with Gasteiger partial charge in [-0.15, -0.1) is 0 Å². The maximum atomic E-state index is 12.0. The van der Waals surface area contributed by atoms with Crippen LogP contribution in [0.1, 0.15) is 33.6 Å². The third-order valence-electron chi connectivity index (χ3n) is 4.08. The molecule has 0 aromatic carbocycles. The molecule has 0 radical (unpaired) electrons. The molecule has 0 saturated carbocycles. The van der Waals surface area contributed by atoms with Crippen LogP contribution in [0, 0.1) is 5.92 Å². The first-order chi connectivity index (χ1) is 8.08. The van der Waals surface area contributed by atoms with Crippen LogP contribution < -0.4 is 10.6 Å². The topological polar surface area (TPSA) is 44.4 Å². The Bertz CT molecular complexity index is 274. The molecule has 2 heterocycles. The molecule has 2 aliphatic heterocycles. The van der Waals surface area contributed by atoms with Crippen molar-refractivity contribution in [2.75, 3.05) is 19.6 Å². The summed E-state index contributed by atoms with van der Waals surface area (Å²) in [7, 11) is 0. The minimum Gasteiger partial charge on any atom is -0.350 e. The predicted octanol–water partition coefficient (Wildman–Crippen LogP) is 0.583. The van der Waals surface area contributed by atoms with E-state index >= 15 is 0 Å². The number of hydrogen-bond acceptors (Lipinski definition) is 3. The molecule has 2 saturated heterocycles. The molecule has 0 bridgehead atoms. The summed E-state index contributed by atoms with van der Waals surface area (Å²) < 4.78 is 0. The zero-order valence-corrected chi connectivity index (χ0v) is 11.2. The molecule has 3 atom stereocenters. The van der Waals surface area contributed by atoms with E-state index in [1.165, 1.54) is 0 Å². The fourth-order valence-electron chi connectivity index (χ4n) is 2.81. The van der Waals surface area contributed by atoms with Crippen molar-refractivity contribution in [1.82, 2.24) is 15.5 Å². The summed E-state index contributed by atoms with van der Waals surface area (Å²) in [4.78, 5) is 14.5. The Morgan fingerprint density at radius 2 is 2.18 bits per heavy atom. The highest BCUT2D eigenvalue weighted by molar-refractivity contribution is 5.82. The highest BCUT2D eigenvalue weighted by Crippen LogP contribution is 2.19. The highest BCUT2D eigenvalue weighted by atomic mass is 16.2. The Balaban J connectivity index is 1.84. The van der Waals surface area contributed by atoms with Crippen LogP contribution in [0.4, 0.5) is 0 Å². The van der Waals surface area contributed by atoms with Gasteiger partial charge in [0.25, 0.3) is 0 Å². The number of carbonyl (C=O) groups excluding carboxylic acids is 1. The van der Waals surface area contributed by atoms with Crippen molar-refractivity contribution in [3.63, 3.8) is 0 Å². The lowest BCUT2D eigenvalue weighted by atomic mass is 10.1. The van der Waals surface area contributed by atoms with Crippen LogP contribution >= 0.6 is 0 Å². The molecular formula is C13H25N3O. The fourth-order valence-corrected chi connectivity index (χ4v) is 2.81. The number of amides is 1. The summed E-state index contributed by atoms with van der Waals surface area (Å²) in [6, 6.07) is 0.951. The first-order valence-corrected chi connectivity index (χ1v) is 6.85. The van der Waals surface area contributed by atoms with Crippen molar-refractivity contribution in [3.8, 4) is 0 Å². The molecule has 0 spiro atoms. The molecule has 98 valence electrons. The SMILES string of the molecule is CC1CN(C(C)C)CC1NC(=O)C1CCCN1. The van der Waals surface area contributed by atoms with Crippen LogP contribution in [0.3, 0.4) is 0 Å². The summed E-state index contributed by atoms with van der Waals surface area (Å²) in [5.74, 6) is 0.757. The standard InChI is InChI=1S/C13H25N3O/c1-9(2)16-7-10(3)12(8-16)15-13(17)11-5-4-6-14-11/h9-12,14H,4-8H2,1-3H3,(H,15,17). The van der Waals surface area contributed by atoms with Gasteiger partial charge in [0.2, 0.25) is 5.91 Å². The second kappa shape index (κ2) is 5.36. The molecule has 0 aromatic rings. The van der Waals surface area contributed by atoms with Gasteiger partial charge in [0.1, 0.15) is 0 Å². The molecule has 17 heavy (non-hydrogen) atoms. The Morgan fingerprint density at radius 1 is 1.41 bits per heavy atom. The van der Waals surface area contributed by atoms with Gasteiger partial charge in [0, 0.05) is 25.2 Å². The number of likely N-dealkylation sites (tertiary alicyclic amines) is 1. The van der Waals surface area contributed by atoms with Crippen molar-refractivity contribution >= 4 is 5.91 Å². The molecule has 0 aliphatic carbocycles. The lowest BCUT2D eigenvalue weighted by Gasteiger charge is -2.21. The largest absolute Gasteiger partial charge is 0.350 e. The molecule has 2 rings (SSSR count). The van der Waals surface area contributed by atoms with Gasteiger partial charge in [-0.3, -0.25) is 9.69 Å². The van der Waals surface area contributed by atoms with Crippen LogP contribution in [0.25, 0.3) is 0 Å². The summed E-state index contributed by atoms with van der Waals surface area (Å²) in [6.07, 6.45) is 2.11.